The van der Waals surface area contributed by atoms with Gasteiger partial charge in [-0.3, -0.25) is 4.79 Å². The molecule has 0 aliphatic carbocycles. The lowest BCUT2D eigenvalue weighted by molar-refractivity contribution is 0.102. The van der Waals surface area contributed by atoms with Crippen LogP contribution in [0.1, 0.15) is 10.4 Å². The Hall–Kier alpha value is -3.24. The van der Waals surface area contributed by atoms with Gasteiger partial charge >= 0.3 is 5.63 Å². The molecule has 130 valence electrons. The fraction of sp³-hybridized carbons (Fsp3) is 0. The lowest BCUT2D eigenvalue weighted by Crippen LogP contribution is -2.18. The topological polar surface area (TPSA) is 149 Å². The minimum atomic E-state index is -0.936. The average molecular weight is 464 g/mol. The molecule has 0 saturated heterocycles. The first-order valence-corrected chi connectivity index (χ1v) is 8.14. The highest BCUT2D eigenvalue weighted by Gasteiger charge is 2.20. The number of benzene rings is 2. The number of rotatable bonds is 3. The highest BCUT2D eigenvalue weighted by Crippen LogP contribution is 2.32. The van der Waals surface area contributed by atoms with Crippen LogP contribution in [0.4, 0.5) is 11.4 Å². The van der Waals surface area contributed by atoms with E-state index < -0.39 is 28.7 Å². The van der Waals surface area contributed by atoms with Crippen LogP contribution in [0.25, 0.3) is 21.4 Å². The van der Waals surface area contributed by atoms with Crippen LogP contribution in [-0.4, -0.2) is 16.1 Å². The number of aromatic hydroxyl groups is 2. The first-order chi connectivity index (χ1) is 12.4. The van der Waals surface area contributed by atoms with Crippen molar-refractivity contribution >= 4 is 50.8 Å². The van der Waals surface area contributed by atoms with E-state index in [1.807, 2.05) is 22.6 Å². The molecular weight excluding hydrogens is 455 g/mol. The number of fused-ring (bicyclic) bond motifs is 1. The molecule has 1 aromatic heterocycles. The van der Waals surface area contributed by atoms with Gasteiger partial charge in [0.1, 0.15) is 11.3 Å². The number of hydrogen-bond acceptors (Lipinski definition) is 6. The Morgan fingerprint density at radius 2 is 2.00 bits per heavy atom. The van der Waals surface area contributed by atoms with Gasteiger partial charge in [-0.2, -0.15) is 0 Å². The fourth-order valence-electron chi connectivity index (χ4n) is 2.28. The molecule has 26 heavy (non-hydrogen) atoms. The second kappa shape index (κ2) is 6.94. The predicted octanol–water partition coefficient (Wildman–Crippen LogP) is 4.00. The number of anilines is 1. The summed E-state index contributed by atoms with van der Waals surface area (Å²) in [6, 6.07) is 8.71. The third kappa shape index (κ3) is 3.15. The van der Waals surface area contributed by atoms with Gasteiger partial charge in [0.25, 0.3) is 5.91 Å². The van der Waals surface area contributed by atoms with Crippen LogP contribution < -0.4 is 10.9 Å². The van der Waals surface area contributed by atoms with Gasteiger partial charge in [-0.25, -0.2) is 4.79 Å². The van der Waals surface area contributed by atoms with Crippen molar-refractivity contribution in [1.29, 1.82) is 0 Å². The normalized spacial score (nSPS) is 10.3. The van der Waals surface area contributed by atoms with Crippen molar-refractivity contribution in [2.75, 3.05) is 5.32 Å². The maximum absolute atomic E-state index is 12.4. The first-order valence-electron chi connectivity index (χ1n) is 7.06. The molecule has 0 saturated carbocycles. The lowest BCUT2D eigenvalue weighted by atomic mass is 10.1. The number of phenols is 1. The van der Waals surface area contributed by atoms with Crippen molar-refractivity contribution < 1.29 is 19.4 Å². The maximum Gasteiger partial charge on any atom is 0.364 e. The zero-order valence-electron chi connectivity index (χ0n) is 12.8. The van der Waals surface area contributed by atoms with Crippen molar-refractivity contribution in [3.63, 3.8) is 0 Å². The minimum Gasteiger partial charge on any atom is -0.507 e. The van der Waals surface area contributed by atoms with Crippen LogP contribution in [-0.2, 0) is 0 Å². The smallest absolute Gasteiger partial charge is 0.364 e. The van der Waals surface area contributed by atoms with E-state index in [1.54, 1.807) is 12.1 Å². The summed E-state index contributed by atoms with van der Waals surface area (Å²) in [5.74, 6) is -1.73. The summed E-state index contributed by atoms with van der Waals surface area (Å²) in [5, 5.41) is 26.1. The van der Waals surface area contributed by atoms with Crippen LogP contribution in [0.3, 0.4) is 0 Å². The van der Waals surface area contributed by atoms with E-state index in [9.17, 15) is 19.8 Å². The summed E-state index contributed by atoms with van der Waals surface area (Å²) in [5.41, 5.74) is 7.25. The molecule has 0 bridgehead atoms. The van der Waals surface area contributed by atoms with Gasteiger partial charge in [0.2, 0.25) is 0 Å². The zero-order valence-corrected chi connectivity index (χ0v) is 15.0. The largest absolute Gasteiger partial charge is 0.507 e. The number of amides is 1. The van der Waals surface area contributed by atoms with E-state index in [0.717, 1.165) is 6.07 Å². The Morgan fingerprint density at radius 3 is 2.73 bits per heavy atom. The summed E-state index contributed by atoms with van der Waals surface area (Å²) in [6.07, 6.45) is 0. The molecule has 10 heteroatoms. The zero-order chi connectivity index (χ0) is 18.8. The molecule has 0 spiro atoms. The molecule has 0 aliphatic heterocycles. The second-order valence-electron chi connectivity index (χ2n) is 5.07. The Kier molecular flexibility index (Phi) is 4.69. The average Bonchev–Trinajstić information content (AvgIpc) is 2.61. The summed E-state index contributed by atoms with van der Waals surface area (Å²) < 4.78 is 5.48. The van der Waals surface area contributed by atoms with Crippen LogP contribution in [0.15, 0.2) is 50.7 Å². The third-order valence-corrected chi connectivity index (χ3v) is 4.35. The molecular formula is C16H9IN4O5. The fourth-order valence-corrected chi connectivity index (χ4v) is 2.86. The predicted molar refractivity (Wildman–Crippen MR) is 102 cm³/mol. The van der Waals surface area contributed by atoms with Gasteiger partial charge < -0.3 is 19.9 Å². The van der Waals surface area contributed by atoms with E-state index in [0.29, 0.717) is 3.57 Å². The minimum absolute atomic E-state index is 0.148. The Balaban J connectivity index is 2.04. The monoisotopic (exact) mass is 464 g/mol. The molecule has 1 amide bonds. The van der Waals surface area contributed by atoms with E-state index in [4.69, 9.17) is 9.95 Å². The van der Waals surface area contributed by atoms with Crippen molar-refractivity contribution in [3.05, 3.63) is 66.4 Å². The quantitative estimate of drug-likeness (QED) is 0.176. The molecule has 3 aromatic rings. The summed E-state index contributed by atoms with van der Waals surface area (Å²) in [6.45, 7) is 0. The standard InChI is InChI=1S/C16H9IN4O5/c17-9-5-8(11(22)6-10(9)20-21-18)15(24)19-13-14(23)7-3-1-2-4-12(7)26-16(13)25/h1-6,22-23H,(H,19,24). The number of para-hydroxylation sites is 1. The van der Waals surface area contributed by atoms with Gasteiger partial charge in [-0.1, -0.05) is 17.2 Å². The van der Waals surface area contributed by atoms with Crippen molar-refractivity contribution in [2.45, 2.75) is 0 Å². The van der Waals surface area contributed by atoms with Crippen LogP contribution in [0.5, 0.6) is 11.5 Å². The van der Waals surface area contributed by atoms with E-state index in [1.165, 1.54) is 18.2 Å². The Labute approximate surface area is 158 Å². The summed E-state index contributed by atoms with van der Waals surface area (Å²) >= 11 is 1.83. The molecule has 2 aromatic carbocycles. The third-order valence-electron chi connectivity index (χ3n) is 3.49. The molecule has 9 nitrogen and oxygen atoms in total. The number of hydrogen-bond donors (Lipinski definition) is 3. The number of azide groups is 1. The Morgan fingerprint density at radius 1 is 1.27 bits per heavy atom. The van der Waals surface area contributed by atoms with Gasteiger partial charge in [0.05, 0.1) is 16.6 Å². The van der Waals surface area contributed by atoms with E-state index in [-0.39, 0.29) is 22.2 Å². The van der Waals surface area contributed by atoms with Crippen LogP contribution in [0.2, 0.25) is 0 Å². The van der Waals surface area contributed by atoms with Gasteiger partial charge in [-0.15, -0.1) is 0 Å². The van der Waals surface area contributed by atoms with Gasteiger partial charge in [0, 0.05) is 8.48 Å². The maximum atomic E-state index is 12.4. The molecule has 0 fully saturated rings. The van der Waals surface area contributed by atoms with E-state index >= 15 is 0 Å². The molecule has 3 N–H and O–H groups in total. The summed E-state index contributed by atoms with van der Waals surface area (Å²) in [7, 11) is 0. The molecule has 0 aliphatic rings. The number of carbonyl (C=O) groups is 1. The van der Waals surface area contributed by atoms with E-state index in [2.05, 4.69) is 15.3 Å². The van der Waals surface area contributed by atoms with Crippen molar-refractivity contribution in [3.8, 4) is 11.5 Å². The molecule has 1 heterocycles. The van der Waals surface area contributed by atoms with Crippen molar-refractivity contribution in [1.82, 2.24) is 0 Å². The van der Waals surface area contributed by atoms with Crippen molar-refractivity contribution in [2.24, 2.45) is 5.11 Å². The van der Waals surface area contributed by atoms with Crippen LogP contribution >= 0.6 is 22.6 Å². The first kappa shape index (κ1) is 17.6. The van der Waals surface area contributed by atoms with Crippen LogP contribution in [0, 0.1) is 3.57 Å². The number of phenolic OH excluding ortho intramolecular Hbond substituents is 1. The Bertz CT molecular complexity index is 1150. The number of nitrogens with zero attached hydrogens (tertiary/aromatic N) is 3. The number of halogens is 1. The highest BCUT2D eigenvalue weighted by molar-refractivity contribution is 14.1. The van der Waals surface area contributed by atoms with Gasteiger partial charge in [0.15, 0.2) is 11.4 Å². The number of carbonyl (C=O) groups excluding carboxylic acids is 1. The molecule has 0 atom stereocenters. The number of nitrogens with one attached hydrogen (secondary N) is 1. The second-order valence-corrected chi connectivity index (χ2v) is 6.24. The molecule has 3 rings (SSSR count). The molecule has 0 radical (unpaired) electrons. The van der Waals surface area contributed by atoms with Gasteiger partial charge in [-0.05, 0) is 52.4 Å². The summed E-state index contributed by atoms with van der Waals surface area (Å²) in [4.78, 5) is 27.1. The highest BCUT2D eigenvalue weighted by atomic mass is 127. The lowest BCUT2D eigenvalue weighted by Gasteiger charge is -2.10. The molecule has 0 unspecified atom stereocenters. The SMILES string of the molecule is [N-]=[N+]=Nc1cc(O)c(C(=O)Nc2c(O)c3ccccc3oc2=O)cc1I.